The molecule has 0 radical (unpaired) electrons. The zero-order valence-corrected chi connectivity index (χ0v) is 15.8. The SMILES string of the molecule is CC(C(=O)N(C)Cc1cccc(F)c1)N(C)Cc1ccc(Br)s1. The van der Waals surface area contributed by atoms with Crippen LogP contribution in [-0.4, -0.2) is 35.8 Å². The van der Waals surface area contributed by atoms with Crippen molar-refractivity contribution in [1.82, 2.24) is 9.80 Å². The lowest BCUT2D eigenvalue weighted by Crippen LogP contribution is -2.43. The molecule has 0 bridgehead atoms. The number of amides is 1. The number of benzene rings is 1. The molecule has 0 saturated carbocycles. The molecular weight excluding hydrogens is 379 g/mol. The first-order chi connectivity index (χ1) is 10.9. The topological polar surface area (TPSA) is 23.6 Å². The highest BCUT2D eigenvalue weighted by Gasteiger charge is 2.22. The predicted octanol–water partition coefficient (Wildman–Crippen LogP) is 4.13. The van der Waals surface area contributed by atoms with Crippen LogP contribution >= 0.6 is 27.3 Å². The Bertz CT molecular complexity index is 676. The maximum atomic E-state index is 13.2. The minimum atomic E-state index is -0.281. The first-order valence-electron chi connectivity index (χ1n) is 7.30. The van der Waals surface area contributed by atoms with Gasteiger partial charge in [0.15, 0.2) is 0 Å². The molecular formula is C17H20BrFN2OS. The highest BCUT2D eigenvalue weighted by molar-refractivity contribution is 9.11. The number of halogens is 2. The normalized spacial score (nSPS) is 12.4. The fourth-order valence-corrected chi connectivity index (χ4v) is 3.86. The summed E-state index contributed by atoms with van der Waals surface area (Å²) in [5.74, 6) is -0.260. The van der Waals surface area contributed by atoms with E-state index in [9.17, 15) is 9.18 Å². The molecule has 0 aliphatic heterocycles. The highest BCUT2D eigenvalue weighted by Crippen LogP contribution is 2.23. The van der Waals surface area contributed by atoms with Gasteiger partial charge < -0.3 is 4.90 Å². The number of carbonyl (C=O) groups is 1. The van der Waals surface area contributed by atoms with Crippen molar-refractivity contribution >= 4 is 33.2 Å². The average Bonchev–Trinajstić information content (AvgIpc) is 2.90. The summed E-state index contributed by atoms with van der Waals surface area (Å²) in [6.07, 6.45) is 0. The average molecular weight is 399 g/mol. The molecule has 1 unspecified atom stereocenters. The first-order valence-corrected chi connectivity index (χ1v) is 8.91. The molecule has 1 aromatic carbocycles. The van der Waals surface area contributed by atoms with E-state index < -0.39 is 0 Å². The smallest absolute Gasteiger partial charge is 0.239 e. The Hall–Kier alpha value is -1.24. The Morgan fingerprint density at radius 2 is 2.00 bits per heavy atom. The Morgan fingerprint density at radius 1 is 1.26 bits per heavy atom. The molecule has 6 heteroatoms. The molecule has 23 heavy (non-hydrogen) atoms. The second-order valence-corrected chi connectivity index (χ2v) is 8.17. The summed E-state index contributed by atoms with van der Waals surface area (Å²) in [4.78, 5) is 17.4. The first kappa shape index (κ1) is 18.1. The molecule has 3 nitrogen and oxygen atoms in total. The van der Waals surface area contributed by atoms with Crippen LogP contribution in [0.1, 0.15) is 17.4 Å². The molecule has 124 valence electrons. The van der Waals surface area contributed by atoms with Gasteiger partial charge in [0.2, 0.25) is 5.91 Å². The van der Waals surface area contributed by atoms with E-state index in [-0.39, 0.29) is 17.8 Å². The number of rotatable bonds is 6. The van der Waals surface area contributed by atoms with Crippen LogP contribution in [0.2, 0.25) is 0 Å². The van der Waals surface area contributed by atoms with Crippen molar-refractivity contribution in [3.63, 3.8) is 0 Å². The lowest BCUT2D eigenvalue weighted by molar-refractivity contribution is -0.135. The minimum absolute atomic E-state index is 0.0207. The summed E-state index contributed by atoms with van der Waals surface area (Å²) in [5, 5.41) is 0. The Morgan fingerprint density at radius 3 is 2.61 bits per heavy atom. The van der Waals surface area contributed by atoms with Crippen molar-refractivity contribution in [2.75, 3.05) is 14.1 Å². The van der Waals surface area contributed by atoms with Crippen molar-refractivity contribution in [3.8, 4) is 0 Å². The van der Waals surface area contributed by atoms with Gasteiger partial charge in [-0.05, 0) is 59.7 Å². The van der Waals surface area contributed by atoms with Gasteiger partial charge in [0.05, 0.1) is 9.83 Å². The van der Waals surface area contributed by atoms with E-state index in [1.165, 1.54) is 17.0 Å². The van der Waals surface area contributed by atoms with Crippen LogP contribution in [0, 0.1) is 5.82 Å². The second kappa shape index (κ2) is 8.04. The van der Waals surface area contributed by atoms with E-state index in [1.807, 2.05) is 31.0 Å². The molecule has 0 fully saturated rings. The third-order valence-electron chi connectivity index (χ3n) is 3.74. The van der Waals surface area contributed by atoms with Gasteiger partial charge in [-0.1, -0.05) is 12.1 Å². The summed E-state index contributed by atoms with van der Waals surface area (Å²) in [6.45, 7) is 3.02. The number of thiophene rings is 1. The molecule has 1 heterocycles. The standard InChI is InChI=1S/C17H20BrFN2OS/c1-12(20(2)11-15-7-8-16(18)23-15)17(22)21(3)10-13-5-4-6-14(19)9-13/h4-9,12H,10-11H2,1-3H3. The summed E-state index contributed by atoms with van der Waals surface area (Å²) in [7, 11) is 3.69. The van der Waals surface area contributed by atoms with E-state index in [0.29, 0.717) is 6.54 Å². The predicted molar refractivity (Wildman–Crippen MR) is 95.8 cm³/mol. The molecule has 2 rings (SSSR count). The van der Waals surface area contributed by atoms with Crippen LogP contribution in [0.3, 0.4) is 0 Å². The van der Waals surface area contributed by atoms with Crippen LogP contribution in [0.15, 0.2) is 40.2 Å². The molecule has 0 aliphatic carbocycles. The van der Waals surface area contributed by atoms with E-state index >= 15 is 0 Å². The Balaban J connectivity index is 1.94. The van der Waals surface area contributed by atoms with Gasteiger partial charge in [0, 0.05) is 25.0 Å². The van der Waals surface area contributed by atoms with Gasteiger partial charge in [-0.15, -0.1) is 11.3 Å². The molecule has 0 spiro atoms. The molecule has 1 amide bonds. The fraction of sp³-hybridized carbons (Fsp3) is 0.353. The van der Waals surface area contributed by atoms with Crippen LogP contribution in [-0.2, 0) is 17.9 Å². The maximum absolute atomic E-state index is 13.2. The van der Waals surface area contributed by atoms with Crippen molar-refractivity contribution in [2.24, 2.45) is 0 Å². The number of carbonyl (C=O) groups excluding carboxylic acids is 1. The summed E-state index contributed by atoms with van der Waals surface area (Å²) < 4.78 is 14.3. The van der Waals surface area contributed by atoms with Gasteiger partial charge >= 0.3 is 0 Å². The van der Waals surface area contributed by atoms with E-state index in [0.717, 1.165) is 15.9 Å². The van der Waals surface area contributed by atoms with Crippen LogP contribution in [0.25, 0.3) is 0 Å². The number of hydrogen-bond acceptors (Lipinski definition) is 3. The number of nitrogens with zero attached hydrogens (tertiary/aromatic N) is 2. The fourth-order valence-electron chi connectivity index (χ4n) is 2.31. The Kier molecular flexibility index (Phi) is 6.33. The molecule has 1 aromatic heterocycles. The third-order valence-corrected chi connectivity index (χ3v) is 5.35. The van der Waals surface area contributed by atoms with Crippen LogP contribution < -0.4 is 0 Å². The van der Waals surface area contributed by atoms with Gasteiger partial charge in [-0.2, -0.15) is 0 Å². The summed E-state index contributed by atoms with van der Waals surface area (Å²) >= 11 is 5.11. The third kappa shape index (κ3) is 5.12. The number of likely N-dealkylation sites (N-methyl/N-ethyl adjacent to an activating group) is 2. The largest absolute Gasteiger partial charge is 0.340 e. The number of hydrogen-bond donors (Lipinski definition) is 0. The Labute approximate surface area is 148 Å². The van der Waals surface area contributed by atoms with E-state index in [1.54, 1.807) is 29.4 Å². The van der Waals surface area contributed by atoms with E-state index in [2.05, 4.69) is 22.0 Å². The van der Waals surface area contributed by atoms with Gasteiger partial charge in [0.25, 0.3) is 0 Å². The van der Waals surface area contributed by atoms with E-state index in [4.69, 9.17) is 0 Å². The zero-order valence-electron chi connectivity index (χ0n) is 13.4. The zero-order chi connectivity index (χ0) is 17.0. The van der Waals surface area contributed by atoms with Crippen molar-refractivity contribution < 1.29 is 9.18 Å². The lowest BCUT2D eigenvalue weighted by atomic mass is 10.2. The quantitative estimate of drug-likeness (QED) is 0.730. The van der Waals surface area contributed by atoms with Crippen molar-refractivity contribution in [2.45, 2.75) is 26.1 Å². The van der Waals surface area contributed by atoms with Crippen molar-refractivity contribution in [1.29, 1.82) is 0 Å². The second-order valence-electron chi connectivity index (χ2n) is 5.62. The summed E-state index contributed by atoms with van der Waals surface area (Å²) in [5.41, 5.74) is 0.790. The minimum Gasteiger partial charge on any atom is -0.340 e. The molecule has 0 saturated heterocycles. The van der Waals surface area contributed by atoms with Crippen molar-refractivity contribution in [3.05, 3.63) is 56.4 Å². The van der Waals surface area contributed by atoms with Gasteiger partial charge in [0.1, 0.15) is 5.82 Å². The maximum Gasteiger partial charge on any atom is 0.239 e. The molecule has 0 N–H and O–H groups in total. The monoisotopic (exact) mass is 398 g/mol. The molecule has 0 aliphatic rings. The van der Waals surface area contributed by atoms with Gasteiger partial charge in [-0.3, -0.25) is 9.69 Å². The van der Waals surface area contributed by atoms with Gasteiger partial charge in [-0.25, -0.2) is 4.39 Å². The molecule has 2 aromatic rings. The molecule has 1 atom stereocenters. The van der Waals surface area contributed by atoms with Crippen LogP contribution in [0.4, 0.5) is 4.39 Å². The lowest BCUT2D eigenvalue weighted by Gasteiger charge is -2.28. The van der Waals surface area contributed by atoms with Crippen LogP contribution in [0.5, 0.6) is 0 Å². The highest BCUT2D eigenvalue weighted by atomic mass is 79.9. The summed E-state index contributed by atoms with van der Waals surface area (Å²) in [6, 6.07) is 10.2.